The van der Waals surface area contributed by atoms with E-state index in [1.54, 1.807) is 10.8 Å². The predicted molar refractivity (Wildman–Crippen MR) is 87.1 cm³/mol. The molecule has 1 fully saturated rings. The molecule has 4 heteroatoms. The zero-order chi connectivity index (χ0) is 13.6. The van der Waals surface area contributed by atoms with Gasteiger partial charge in [0.15, 0.2) is 0 Å². The highest BCUT2D eigenvalue weighted by atomic mass is 33.1. The highest BCUT2D eigenvalue weighted by Gasteiger charge is 2.28. The van der Waals surface area contributed by atoms with Gasteiger partial charge in [0.05, 0.1) is 6.61 Å². The van der Waals surface area contributed by atoms with Gasteiger partial charge in [0, 0.05) is 11.3 Å². The minimum atomic E-state index is 0.0281. The van der Waals surface area contributed by atoms with Crippen LogP contribution in [0, 0.1) is 0 Å². The van der Waals surface area contributed by atoms with Crippen molar-refractivity contribution >= 4 is 22.5 Å². The second kappa shape index (κ2) is 7.46. The molecule has 0 aliphatic heterocycles. The van der Waals surface area contributed by atoms with E-state index in [1.807, 2.05) is 6.07 Å². The summed E-state index contributed by atoms with van der Waals surface area (Å²) in [6.45, 7) is 0.723. The summed E-state index contributed by atoms with van der Waals surface area (Å²) in [6, 6.07) is 8.34. The van der Waals surface area contributed by atoms with Crippen molar-refractivity contribution < 1.29 is 4.74 Å². The molecule has 0 bridgehead atoms. The van der Waals surface area contributed by atoms with E-state index in [-0.39, 0.29) is 5.54 Å². The lowest BCUT2D eigenvalue weighted by Crippen LogP contribution is -2.37. The van der Waals surface area contributed by atoms with Gasteiger partial charge in [0.25, 0.3) is 0 Å². The molecule has 1 aliphatic rings. The number of benzene rings is 1. The molecule has 2 N–H and O–H groups in total. The molecule has 0 unspecified atom stereocenters. The lowest BCUT2D eigenvalue weighted by atomic mass is 9.95. The molecule has 19 heavy (non-hydrogen) atoms. The van der Waals surface area contributed by atoms with Crippen molar-refractivity contribution in [2.45, 2.75) is 44.1 Å². The van der Waals surface area contributed by atoms with Gasteiger partial charge in [-0.25, -0.2) is 0 Å². The molecule has 0 atom stereocenters. The first-order valence-electron chi connectivity index (χ1n) is 6.99. The molecule has 0 heterocycles. The van der Waals surface area contributed by atoms with Gasteiger partial charge in [-0.15, -0.1) is 11.7 Å². The predicted octanol–water partition coefficient (Wildman–Crippen LogP) is 3.85. The van der Waals surface area contributed by atoms with Gasteiger partial charge in [0.1, 0.15) is 5.75 Å². The van der Waals surface area contributed by atoms with Gasteiger partial charge in [-0.1, -0.05) is 35.8 Å². The van der Waals surface area contributed by atoms with E-state index >= 15 is 0 Å². The average Bonchev–Trinajstić information content (AvgIpc) is 2.84. The standard InChI is InChI=1S/C15H23NOS2/c16-15(7-1-2-8-15)9-10-17-14-5-3-4-13(12-14)6-11-19-18/h3-5,12,18H,1-2,6-11,16H2. The number of hydrogen-bond donors (Lipinski definition) is 2. The van der Waals surface area contributed by atoms with Gasteiger partial charge >= 0.3 is 0 Å². The van der Waals surface area contributed by atoms with E-state index in [1.165, 1.54) is 18.4 Å². The van der Waals surface area contributed by atoms with Crippen LogP contribution in [0.25, 0.3) is 0 Å². The Balaban J connectivity index is 1.78. The molecular formula is C15H23NOS2. The summed E-state index contributed by atoms with van der Waals surface area (Å²) in [5, 5.41) is 0. The topological polar surface area (TPSA) is 35.2 Å². The summed E-state index contributed by atoms with van der Waals surface area (Å²) >= 11 is 4.16. The molecule has 0 radical (unpaired) electrons. The zero-order valence-corrected chi connectivity index (χ0v) is 13.0. The summed E-state index contributed by atoms with van der Waals surface area (Å²) in [6.07, 6.45) is 6.84. The third-order valence-corrected chi connectivity index (χ3v) is 4.78. The molecule has 106 valence electrons. The summed E-state index contributed by atoms with van der Waals surface area (Å²) in [5.74, 6) is 1.99. The van der Waals surface area contributed by atoms with E-state index in [0.29, 0.717) is 0 Å². The number of rotatable bonds is 7. The van der Waals surface area contributed by atoms with Crippen LogP contribution in [0.3, 0.4) is 0 Å². The Hall–Kier alpha value is -0.320. The number of nitrogens with two attached hydrogens (primary N) is 1. The van der Waals surface area contributed by atoms with Gasteiger partial charge in [0.2, 0.25) is 0 Å². The van der Waals surface area contributed by atoms with Gasteiger partial charge in [-0.05, 0) is 43.4 Å². The van der Waals surface area contributed by atoms with Crippen LogP contribution in [0.15, 0.2) is 24.3 Å². The van der Waals surface area contributed by atoms with Crippen LogP contribution in [-0.2, 0) is 6.42 Å². The summed E-state index contributed by atoms with van der Waals surface area (Å²) < 4.78 is 5.85. The molecular weight excluding hydrogens is 274 g/mol. The minimum absolute atomic E-state index is 0.0281. The first-order chi connectivity index (χ1) is 9.22. The number of ether oxygens (including phenoxy) is 1. The van der Waals surface area contributed by atoms with Gasteiger partial charge in [-0.3, -0.25) is 0 Å². The van der Waals surface area contributed by atoms with Gasteiger partial charge < -0.3 is 10.5 Å². The molecule has 1 aromatic rings. The summed E-state index contributed by atoms with van der Waals surface area (Å²) in [4.78, 5) is 0. The molecule has 0 saturated heterocycles. The van der Waals surface area contributed by atoms with Crippen LogP contribution in [0.5, 0.6) is 5.75 Å². The first-order valence-corrected chi connectivity index (χ1v) is 9.03. The monoisotopic (exact) mass is 297 g/mol. The molecule has 0 amide bonds. The Morgan fingerprint density at radius 2 is 2.11 bits per heavy atom. The highest BCUT2D eigenvalue weighted by Crippen LogP contribution is 2.30. The van der Waals surface area contributed by atoms with E-state index in [9.17, 15) is 0 Å². The van der Waals surface area contributed by atoms with Crippen LogP contribution in [0.2, 0.25) is 0 Å². The van der Waals surface area contributed by atoms with Crippen molar-refractivity contribution in [3.05, 3.63) is 29.8 Å². The summed E-state index contributed by atoms with van der Waals surface area (Å²) in [5.41, 5.74) is 7.66. The fraction of sp³-hybridized carbons (Fsp3) is 0.600. The second-order valence-electron chi connectivity index (χ2n) is 5.40. The lowest BCUT2D eigenvalue weighted by molar-refractivity contribution is 0.258. The Morgan fingerprint density at radius 3 is 2.84 bits per heavy atom. The second-order valence-corrected chi connectivity index (χ2v) is 6.84. The molecule has 1 saturated carbocycles. The maximum Gasteiger partial charge on any atom is 0.119 e. The average molecular weight is 297 g/mol. The van der Waals surface area contributed by atoms with Crippen molar-refractivity contribution in [1.82, 2.24) is 0 Å². The third-order valence-electron chi connectivity index (χ3n) is 3.85. The molecule has 1 aromatic carbocycles. The van der Waals surface area contributed by atoms with Crippen LogP contribution in [0.1, 0.15) is 37.7 Å². The number of hydrogen-bond acceptors (Lipinski definition) is 4. The Kier molecular flexibility index (Phi) is 5.92. The molecule has 1 aliphatic carbocycles. The van der Waals surface area contributed by atoms with E-state index < -0.39 is 0 Å². The van der Waals surface area contributed by atoms with Crippen molar-refractivity contribution in [3.63, 3.8) is 0 Å². The molecule has 2 rings (SSSR count). The van der Waals surface area contributed by atoms with E-state index in [0.717, 1.165) is 43.8 Å². The summed E-state index contributed by atoms with van der Waals surface area (Å²) in [7, 11) is 1.57. The Morgan fingerprint density at radius 1 is 1.32 bits per heavy atom. The molecule has 2 nitrogen and oxygen atoms in total. The number of thiol groups is 1. The first kappa shape index (κ1) is 15.1. The van der Waals surface area contributed by atoms with E-state index in [4.69, 9.17) is 10.5 Å². The fourth-order valence-corrected chi connectivity index (χ4v) is 3.26. The quantitative estimate of drug-likeness (QED) is 0.593. The number of aryl methyl sites for hydroxylation is 1. The minimum Gasteiger partial charge on any atom is -0.494 e. The van der Waals surface area contributed by atoms with Crippen LogP contribution in [0.4, 0.5) is 0 Å². The van der Waals surface area contributed by atoms with Crippen LogP contribution in [-0.4, -0.2) is 17.9 Å². The van der Waals surface area contributed by atoms with Crippen molar-refractivity contribution in [3.8, 4) is 5.75 Å². The van der Waals surface area contributed by atoms with Gasteiger partial charge in [-0.2, -0.15) is 0 Å². The molecule has 0 aromatic heterocycles. The largest absolute Gasteiger partial charge is 0.494 e. The highest BCUT2D eigenvalue weighted by molar-refractivity contribution is 8.68. The zero-order valence-electron chi connectivity index (χ0n) is 11.3. The Labute approximate surface area is 125 Å². The smallest absolute Gasteiger partial charge is 0.119 e. The maximum absolute atomic E-state index is 6.33. The lowest BCUT2D eigenvalue weighted by Gasteiger charge is -2.23. The Bertz CT molecular complexity index is 391. The van der Waals surface area contributed by atoms with Crippen LogP contribution >= 0.6 is 22.5 Å². The fourth-order valence-electron chi connectivity index (χ4n) is 2.66. The SMILES string of the molecule is NC1(CCOc2cccc(CCSS)c2)CCCC1. The van der Waals surface area contributed by atoms with Crippen molar-refractivity contribution in [2.75, 3.05) is 12.4 Å². The van der Waals surface area contributed by atoms with Crippen LogP contribution < -0.4 is 10.5 Å². The molecule has 0 spiro atoms. The van der Waals surface area contributed by atoms with Crippen molar-refractivity contribution in [2.24, 2.45) is 5.73 Å². The van der Waals surface area contributed by atoms with Crippen molar-refractivity contribution in [1.29, 1.82) is 0 Å². The maximum atomic E-state index is 6.33. The van der Waals surface area contributed by atoms with E-state index in [2.05, 4.69) is 29.9 Å². The normalized spacial score (nSPS) is 17.6. The third kappa shape index (κ3) is 4.93.